The molecule has 0 bridgehead atoms. The number of fused-ring (bicyclic) bond motifs is 1. The molecule has 0 aliphatic carbocycles. The second-order valence-electron chi connectivity index (χ2n) is 4.46. The van der Waals surface area contributed by atoms with Crippen LogP contribution in [0.25, 0.3) is 0 Å². The zero-order valence-corrected chi connectivity index (χ0v) is 12.9. The number of anilines is 1. The molecule has 1 aromatic carbocycles. The van der Waals surface area contributed by atoms with Crippen LogP contribution in [0.2, 0.25) is 4.34 Å². The van der Waals surface area contributed by atoms with E-state index in [1.54, 1.807) is 6.07 Å². The monoisotopic (exact) mass is 344 g/mol. The van der Waals surface area contributed by atoms with E-state index in [1.807, 2.05) is 0 Å². The van der Waals surface area contributed by atoms with Crippen LogP contribution in [0.15, 0.2) is 34.5 Å². The highest BCUT2D eigenvalue weighted by Gasteiger charge is 2.33. The Morgan fingerprint density at radius 2 is 2.05 bits per heavy atom. The molecule has 1 aromatic heterocycles. The largest absolute Gasteiger partial charge is 0.273 e. The summed E-state index contributed by atoms with van der Waals surface area (Å²) in [6.45, 7) is 0.272. The standard InChI is InChI=1S/C12H9ClN2O4S2/c13-11-3-4-12(20-11)21(18,19)14-6-5-8-1-2-9(15(16)17)7-10(8)14/h1-4,7H,5-6H2. The average Bonchev–Trinajstić information content (AvgIpc) is 3.04. The van der Waals surface area contributed by atoms with Gasteiger partial charge in [0.1, 0.15) is 4.21 Å². The van der Waals surface area contributed by atoms with Gasteiger partial charge in [-0.25, -0.2) is 8.42 Å². The highest BCUT2D eigenvalue weighted by atomic mass is 35.5. The van der Waals surface area contributed by atoms with Gasteiger partial charge in [-0.2, -0.15) is 0 Å². The van der Waals surface area contributed by atoms with E-state index < -0.39 is 14.9 Å². The Hall–Kier alpha value is -1.64. The highest BCUT2D eigenvalue weighted by molar-refractivity contribution is 7.94. The van der Waals surface area contributed by atoms with Gasteiger partial charge in [-0.05, 0) is 24.1 Å². The fourth-order valence-electron chi connectivity index (χ4n) is 2.25. The van der Waals surface area contributed by atoms with Crippen molar-refractivity contribution < 1.29 is 13.3 Å². The van der Waals surface area contributed by atoms with Crippen molar-refractivity contribution in [1.82, 2.24) is 0 Å². The highest BCUT2D eigenvalue weighted by Crippen LogP contribution is 2.37. The molecule has 9 heteroatoms. The first-order valence-electron chi connectivity index (χ1n) is 5.95. The Morgan fingerprint density at radius 1 is 1.29 bits per heavy atom. The summed E-state index contributed by atoms with van der Waals surface area (Å²) in [6.07, 6.45) is 0.533. The number of thiophene rings is 1. The summed E-state index contributed by atoms with van der Waals surface area (Å²) >= 11 is 6.76. The zero-order chi connectivity index (χ0) is 15.2. The van der Waals surface area contributed by atoms with Crippen LogP contribution >= 0.6 is 22.9 Å². The third kappa shape index (κ3) is 2.39. The summed E-state index contributed by atoms with van der Waals surface area (Å²) in [6, 6.07) is 7.25. The molecule has 110 valence electrons. The molecule has 0 N–H and O–H groups in total. The third-order valence-electron chi connectivity index (χ3n) is 3.23. The van der Waals surface area contributed by atoms with Crippen LogP contribution in [0, 0.1) is 10.1 Å². The van der Waals surface area contributed by atoms with Gasteiger partial charge in [-0.1, -0.05) is 17.7 Å². The summed E-state index contributed by atoms with van der Waals surface area (Å²) in [5.74, 6) is 0. The van der Waals surface area contributed by atoms with Gasteiger partial charge >= 0.3 is 0 Å². The molecule has 3 rings (SSSR count). The summed E-state index contributed by atoms with van der Waals surface area (Å²) in [5, 5.41) is 10.9. The molecule has 2 heterocycles. The number of nitrogens with zero attached hydrogens (tertiary/aromatic N) is 2. The molecule has 0 radical (unpaired) electrons. The first-order chi connectivity index (χ1) is 9.89. The number of halogens is 1. The van der Waals surface area contributed by atoms with E-state index in [0.717, 1.165) is 16.9 Å². The van der Waals surface area contributed by atoms with E-state index in [-0.39, 0.29) is 16.4 Å². The molecule has 21 heavy (non-hydrogen) atoms. The van der Waals surface area contributed by atoms with Crippen molar-refractivity contribution in [2.45, 2.75) is 10.6 Å². The number of benzene rings is 1. The van der Waals surface area contributed by atoms with Crippen LogP contribution in [0.1, 0.15) is 5.56 Å². The third-order valence-corrected chi connectivity index (χ3v) is 6.74. The minimum Gasteiger partial charge on any atom is -0.265 e. The molecule has 0 saturated carbocycles. The van der Waals surface area contributed by atoms with Crippen LogP contribution < -0.4 is 4.31 Å². The Bertz CT molecular complexity index is 832. The predicted molar refractivity (Wildman–Crippen MR) is 80.7 cm³/mol. The van der Waals surface area contributed by atoms with Crippen molar-refractivity contribution in [2.24, 2.45) is 0 Å². The number of sulfonamides is 1. The number of nitro groups is 1. The van der Waals surface area contributed by atoms with Crippen LogP contribution in [0.5, 0.6) is 0 Å². The molecule has 0 spiro atoms. The second kappa shape index (κ2) is 4.97. The van der Waals surface area contributed by atoms with Crippen molar-refractivity contribution in [3.63, 3.8) is 0 Å². The first kappa shape index (κ1) is 14.3. The fraction of sp³-hybridized carbons (Fsp3) is 0.167. The lowest BCUT2D eigenvalue weighted by Gasteiger charge is -2.18. The van der Waals surface area contributed by atoms with Crippen molar-refractivity contribution >= 4 is 44.3 Å². The SMILES string of the molecule is O=[N+]([O-])c1ccc2c(c1)N(S(=O)(=O)c1ccc(Cl)s1)CC2. The molecule has 1 aliphatic rings. The van der Waals surface area contributed by atoms with Crippen molar-refractivity contribution in [2.75, 3.05) is 10.8 Å². The Kier molecular flexibility index (Phi) is 3.39. The summed E-state index contributed by atoms with van der Waals surface area (Å²) < 4.78 is 26.9. The molecule has 1 aliphatic heterocycles. The number of hydrogen-bond acceptors (Lipinski definition) is 5. The molecule has 0 fully saturated rings. The fourth-order valence-corrected chi connectivity index (χ4v) is 5.34. The minimum atomic E-state index is -3.73. The van der Waals surface area contributed by atoms with E-state index in [0.29, 0.717) is 16.4 Å². The van der Waals surface area contributed by atoms with Gasteiger partial charge in [0.05, 0.1) is 14.9 Å². The normalized spacial score (nSPS) is 14.2. The zero-order valence-electron chi connectivity index (χ0n) is 10.5. The van der Waals surface area contributed by atoms with E-state index >= 15 is 0 Å². The van der Waals surface area contributed by atoms with Crippen molar-refractivity contribution in [1.29, 1.82) is 0 Å². The minimum absolute atomic E-state index is 0.125. The van der Waals surface area contributed by atoms with Gasteiger partial charge in [0.2, 0.25) is 0 Å². The van der Waals surface area contributed by atoms with Gasteiger partial charge in [0.15, 0.2) is 0 Å². The summed E-state index contributed by atoms with van der Waals surface area (Å²) in [5.41, 5.74) is 1.03. The number of nitro benzene ring substituents is 1. The molecular formula is C12H9ClN2O4S2. The Balaban J connectivity index is 2.08. The van der Waals surface area contributed by atoms with Gasteiger partial charge < -0.3 is 0 Å². The lowest BCUT2D eigenvalue weighted by atomic mass is 10.1. The maximum Gasteiger partial charge on any atom is 0.273 e. The van der Waals surface area contributed by atoms with Gasteiger partial charge in [-0.3, -0.25) is 14.4 Å². The van der Waals surface area contributed by atoms with E-state index in [9.17, 15) is 18.5 Å². The quantitative estimate of drug-likeness (QED) is 0.633. The predicted octanol–water partition coefficient (Wildman–Crippen LogP) is 3.06. The topological polar surface area (TPSA) is 80.5 Å². The van der Waals surface area contributed by atoms with E-state index in [1.165, 1.54) is 28.6 Å². The van der Waals surface area contributed by atoms with Crippen LogP contribution in [0.3, 0.4) is 0 Å². The smallest absolute Gasteiger partial charge is 0.265 e. The van der Waals surface area contributed by atoms with Crippen LogP contribution in [0.4, 0.5) is 11.4 Å². The first-order valence-corrected chi connectivity index (χ1v) is 8.58. The van der Waals surface area contributed by atoms with E-state index in [2.05, 4.69) is 0 Å². The number of rotatable bonds is 3. The lowest BCUT2D eigenvalue weighted by Crippen LogP contribution is -2.28. The van der Waals surface area contributed by atoms with Gasteiger partial charge in [-0.15, -0.1) is 11.3 Å². The maximum atomic E-state index is 12.6. The Labute approximate surface area is 129 Å². The van der Waals surface area contributed by atoms with Crippen LogP contribution in [-0.2, 0) is 16.4 Å². The summed E-state index contributed by atoms with van der Waals surface area (Å²) in [7, 11) is -3.73. The molecule has 6 nitrogen and oxygen atoms in total. The Morgan fingerprint density at radius 3 is 2.67 bits per heavy atom. The van der Waals surface area contributed by atoms with Gasteiger partial charge in [0, 0.05) is 18.7 Å². The van der Waals surface area contributed by atoms with Crippen LogP contribution in [-0.4, -0.2) is 19.9 Å². The summed E-state index contributed by atoms with van der Waals surface area (Å²) in [4.78, 5) is 10.3. The molecule has 2 aromatic rings. The molecule has 0 atom stereocenters. The maximum absolute atomic E-state index is 12.6. The van der Waals surface area contributed by atoms with Gasteiger partial charge in [0.25, 0.3) is 15.7 Å². The molecule has 0 saturated heterocycles. The lowest BCUT2D eigenvalue weighted by molar-refractivity contribution is -0.384. The molecule has 0 amide bonds. The van der Waals surface area contributed by atoms with Crippen molar-refractivity contribution in [3.8, 4) is 0 Å². The van der Waals surface area contributed by atoms with Crippen molar-refractivity contribution in [3.05, 3.63) is 50.3 Å². The molecule has 0 unspecified atom stereocenters. The molecular weight excluding hydrogens is 336 g/mol. The van der Waals surface area contributed by atoms with E-state index in [4.69, 9.17) is 11.6 Å². The number of hydrogen-bond donors (Lipinski definition) is 0. The number of non-ortho nitro benzene ring substituents is 1. The average molecular weight is 345 g/mol. The second-order valence-corrected chi connectivity index (χ2v) is 8.26.